The van der Waals surface area contributed by atoms with Gasteiger partial charge in [0.2, 0.25) is 0 Å². The number of hydrogen-bond donors (Lipinski definition) is 1. The minimum absolute atomic E-state index is 0.562. The van der Waals surface area contributed by atoms with Crippen LogP contribution in [0.2, 0.25) is 0 Å². The highest BCUT2D eigenvalue weighted by molar-refractivity contribution is 4.87. The summed E-state index contributed by atoms with van der Waals surface area (Å²) in [5.41, 5.74) is 0. The largest absolute Gasteiger partial charge is 0.447 e. The van der Waals surface area contributed by atoms with Gasteiger partial charge in [0.25, 0.3) is 0 Å². The van der Waals surface area contributed by atoms with E-state index in [1.165, 1.54) is 38.5 Å². The fraction of sp³-hybridized carbons (Fsp3) is 0.750. The molecule has 1 heterocycles. The van der Waals surface area contributed by atoms with E-state index in [9.17, 15) is 0 Å². The van der Waals surface area contributed by atoms with Crippen LogP contribution in [0.3, 0.4) is 0 Å². The molecule has 1 aromatic rings. The molecule has 0 saturated carbocycles. The molecule has 3 nitrogen and oxygen atoms in total. The maximum Gasteiger partial charge on any atom is 0.180 e. The third-order valence-electron chi connectivity index (χ3n) is 2.60. The minimum atomic E-state index is 0.562. The number of nitrogens with zero attached hydrogens (tertiary/aromatic N) is 1. The Morgan fingerprint density at radius 1 is 1.40 bits per heavy atom. The highest BCUT2D eigenvalue weighted by Gasteiger charge is 2.02. The Hall–Kier alpha value is -0.830. The number of hydrogen-bond acceptors (Lipinski definition) is 3. The summed E-state index contributed by atoms with van der Waals surface area (Å²) in [5, 5.41) is 3.43. The van der Waals surface area contributed by atoms with Crippen LogP contribution in [0.15, 0.2) is 17.0 Å². The summed E-state index contributed by atoms with van der Waals surface area (Å²) < 4.78 is 5.15. The molecule has 0 aliphatic carbocycles. The molecule has 1 atom stereocenters. The van der Waals surface area contributed by atoms with Crippen LogP contribution in [0.4, 0.5) is 0 Å². The zero-order valence-electron chi connectivity index (χ0n) is 9.83. The highest BCUT2D eigenvalue weighted by Crippen LogP contribution is 2.06. The van der Waals surface area contributed by atoms with Crippen LogP contribution < -0.4 is 5.32 Å². The zero-order chi connectivity index (χ0) is 10.9. The average molecular weight is 210 g/mol. The van der Waals surface area contributed by atoms with Gasteiger partial charge in [-0.2, -0.15) is 0 Å². The smallest absolute Gasteiger partial charge is 0.180 e. The van der Waals surface area contributed by atoms with Gasteiger partial charge in [0.05, 0.1) is 12.7 Å². The van der Waals surface area contributed by atoms with E-state index in [0.29, 0.717) is 6.04 Å². The van der Waals surface area contributed by atoms with Crippen molar-refractivity contribution in [3.8, 4) is 0 Å². The lowest BCUT2D eigenvalue weighted by Gasteiger charge is -2.11. The molecule has 0 fully saturated rings. The quantitative estimate of drug-likeness (QED) is 0.670. The predicted octanol–water partition coefficient (Wildman–Crippen LogP) is 3.12. The first-order chi connectivity index (χ1) is 7.33. The van der Waals surface area contributed by atoms with Crippen molar-refractivity contribution < 1.29 is 4.42 Å². The molecule has 0 aliphatic rings. The minimum Gasteiger partial charge on any atom is -0.447 e. The fourth-order valence-corrected chi connectivity index (χ4v) is 1.58. The van der Waals surface area contributed by atoms with Crippen molar-refractivity contribution >= 4 is 0 Å². The third-order valence-corrected chi connectivity index (χ3v) is 2.60. The van der Waals surface area contributed by atoms with Gasteiger partial charge >= 0.3 is 0 Å². The normalized spacial score (nSPS) is 12.9. The van der Waals surface area contributed by atoms with Gasteiger partial charge in [-0.3, -0.25) is 0 Å². The molecular formula is C12H22N2O. The van der Waals surface area contributed by atoms with E-state index in [-0.39, 0.29) is 0 Å². The summed E-state index contributed by atoms with van der Waals surface area (Å²) in [5.74, 6) is 0.912. The average Bonchev–Trinajstić information content (AvgIpc) is 2.74. The van der Waals surface area contributed by atoms with Crippen LogP contribution in [-0.2, 0) is 6.54 Å². The van der Waals surface area contributed by atoms with Gasteiger partial charge in [-0.05, 0) is 13.3 Å². The van der Waals surface area contributed by atoms with Gasteiger partial charge in [-0.1, -0.05) is 32.6 Å². The topological polar surface area (TPSA) is 38.1 Å². The molecule has 0 aromatic carbocycles. The SMILES string of the molecule is CCCCCCC(C)NCc1cnco1. The number of rotatable bonds is 8. The van der Waals surface area contributed by atoms with Crippen LogP contribution in [0, 0.1) is 0 Å². The van der Waals surface area contributed by atoms with E-state index in [0.717, 1.165) is 12.3 Å². The monoisotopic (exact) mass is 210 g/mol. The van der Waals surface area contributed by atoms with Crippen molar-refractivity contribution in [2.75, 3.05) is 0 Å². The maximum absolute atomic E-state index is 5.15. The molecule has 86 valence electrons. The first-order valence-corrected chi connectivity index (χ1v) is 5.93. The second kappa shape index (κ2) is 7.46. The van der Waals surface area contributed by atoms with Crippen molar-refractivity contribution in [1.82, 2.24) is 10.3 Å². The Kier molecular flexibility index (Phi) is 6.09. The number of aromatic nitrogens is 1. The predicted molar refractivity (Wildman–Crippen MR) is 61.6 cm³/mol. The van der Waals surface area contributed by atoms with E-state index in [2.05, 4.69) is 24.1 Å². The van der Waals surface area contributed by atoms with E-state index in [1.54, 1.807) is 6.20 Å². The third kappa shape index (κ3) is 5.57. The number of unbranched alkanes of at least 4 members (excludes halogenated alkanes) is 3. The van der Waals surface area contributed by atoms with Crippen LogP contribution in [0.1, 0.15) is 51.7 Å². The van der Waals surface area contributed by atoms with Gasteiger partial charge in [-0.25, -0.2) is 4.98 Å². The van der Waals surface area contributed by atoms with Crippen molar-refractivity contribution in [3.05, 3.63) is 18.4 Å². The van der Waals surface area contributed by atoms with E-state index in [4.69, 9.17) is 4.42 Å². The molecule has 1 N–H and O–H groups in total. The molecule has 0 aliphatic heterocycles. The number of nitrogens with one attached hydrogen (secondary N) is 1. The summed E-state index contributed by atoms with van der Waals surface area (Å²) in [6, 6.07) is 0.562. The molecule has 1 aromatic heterocycles. The molecule has 0 spiro atoms. The van der Waals surface area contributed by atoms with Gasteiger partial charge in [0, 0.05) is 6.04 Å². The molecule has 0 radical (unpaired) electrons. The standard InChI is InChI=1S/C12H22N2O/c1-3-4-5-6-7-11(2)14-9-12-8-13-10-15-12/h8,10-11,14H,3-7,9H2,1-2H3. The summed E-state index contributed by atoms with van der Waals surface area (Å²) in [4.78, 5) is 3.88. The first kappa shape index (κ1) is 12.2. The second-order valence-corrected chi connectivity index (χ2v) is 4.10. The Bertz CT molecular complexity index is 234. The van der Waals surface area contributed by atoms with Crippen LogP contribution in [0.25, 0.3) is 0 Å². The first-order valence-electron chi connectivity index (χ1n) is 5.93. The zero-order valence-corrected chi connectivity index (χ0v) is 9.83. The van der Waals surface area contributed by atoms with Gasteiger partial charge in [-0.15, -0.1) is 0 Å². The van der Waals surface area contributed by atoms with Crippen molar-refractivity contribution in [1.29, 1.82) is 0 Å². The van der Waals surface area contributed by atoms with E-state index < -0.39 is 0 Å². The van der Waals surface area contributed by atoms with E-state index in [1.807, 2.05) is 0 Å². The summed E-state index contributed by atoms with van der Waals surface area (Å²) in [7, 11) is 0. The lowest BCUT2D eigenvalue weighted by molar-refractivity contribution is 0.431. The number of oxazole rings is 1. The van der Waals surface area contributed by atoms with Crippen molar-refractivity contribution in [2.45, 2.75) is 58.5 Å². The summed E-state index contributed by atoms with van der Waals surface area (Å²) in [6.07, 6.45) is 9.81. The lowest BCUT2D eigenvalue weighted by Crippen LogP contribution is -2.25. The van der Waals surface area contributed by atoms with Crippen LogP contribution in [-0.4, -0.2) is 11.0 Å². The highest BCUT2D eigenvalue weighted by atomic mass is 16.3. The second-order valence-electron chi connectivity index (χ2n) is 4.10. The fourth-order valence-electron chi connectivity index (χ4n) is 1.58. The van der Waals surface area contributed by atoms with E-state index >= 15 is 0 Å². The Balaban J connectivity index is 2.01. The molecular weight excluding hydrogens is 188 g/mol. The molecule has 0 saturated heterocycles. The van der Waals surface area contributed by atoms with Crippen molar-refractivity contribution in [3.63, 3.8) is 0 Å². The Labute approximate surface area is 92.3 Å². The molecule has 1 unspecified atom stereocenters. The maximum atomic E-state index is 5.15. The molecule has 0 bridgehead atoms. The van der Waals surface area contributed by atoms with Gasteiger partial charge in [0.1, 0.15) is 5.76 Å². The van der Waals surface area contributed by atoms with Gasteiger partial charge in [0.15, 0.2) is 6.39 Å². The Morgan fingerprint density at radius 2 is 2.27 bits per heavy atom. The van der Waals surface area contributed by atoms with Crippen molar-refractivity contribution in [2.24, 2.45) is 0 Å². The Morgan fingerprint density at radius 3 is 2.93 bits per heavy atom. The molecule has 1 rings (SSSR count). The summed E-state index contributed by atoms with van der Waals surface area (Å²) in [6.45, 7) is 5.25. The van der Waals surface area contributed by atoms with Crippen LogP contribution in [0.5, 0.6) is 0 Å². The summed E-state index contributed by atoms with van der Waals surface area (Å²) >= 11 is 0. The lowest BCUT2D eigenvalue weighted by atomic mass is 10.1. The molecule has 3 heteroatoms. The molecule has 15 heavy (non-hydrogen) atoms. The molecule has 0 amide bonds. The van der Waals surface area contributed by atoms with Crippen LogP contribution >= 0.6 is 0 Å². The van der Waals surface area contributed by atoms with Gasteiger partial charge < -0.3 is 9.73 Å².